The first kappa shape index (κ1) is 18.8. The molecule has 1 aliphatic heterocycles. The summed E-state index contributed by atoms with van der Waals surface area (Å²) in [7, 11) is 0. The van der Waals surface area contributed by atoms with Gasteiger partial charge in [-0.05, 0) is 36.1 Å². The van der Waals surface area contributed by atoms with Gasteiger partial charge in [0.05, 0.1) is 5.92 Å². The van der Waals surface area contributed by atoms with Gasteiger partial charge >= 0.3 is 0 Å². The molecule has 1 heterocycles. The molecule has 1 atom stereocenters. The van der Waals surface area contributed by atoms with Crippen LogP contribution in [0.4, 0.5) is 11.4 Å². The minimum Gasteiger partial charge on any atom is -0.329 e. The Balaban J connectivity index is 1.80. The number of Topliss-reactive ketones (excluding diaryl/α,β-unsaturated/α-hetero) is 1. The highest BCUT2D eigenvalue weighted by molar-refractivity contribution is 6.09. The average molecular weight is 369 g/mol. The van der Waals surface area contributed by atoms with E-state index in [2.05, 4.69) is 16.0 Å². The second kappa shape index (κ2) is 6.98. The van der Waals surface area contributed by atoms with Gasteiger partial charge in [0.15, 0.2) is 5.78 Å². The predicted molar refractivity (Wildman–Crippen MR) is 101 cm³/mol. The molecule has 3 N–H and O–H groups in total. The molecule has 142 valence electrons. The van der Waals surface area contributed by atoms with Crippen LogP contribution in [0.3, 0.4) is 0 Å². The number of anilines is 2. The van der Waals surface area contributed by atoms with Crippen LogP contribution in [-0.2, 0) is 19.2 Å². The van der Waals surface area contributed by atoms with E-state index >= 15 is 0 Å². The number of benzene rings is 1. The summed E-state index contributed by atoms with van der Waals surface area (Å²) < 4.78 is 0. The maximum Gasteiger partial charge on any atom is 0.232 e. The Labute approximate surface area is 157 Å². The molecule has 7 nitrogen and oxygen atoms in total. The number of hydrogen-bond donors (Lipinski definition) is 3. The monoisotopic (exact) mass is 369 g/mol. The molecule has 0 saturated carbocycles. The molecule has 0 bridgehead atoms. The number of ketones is 1. The fourth-order valence-corrected chi connectivity index (χ4v) is 3.65. The third-order valence-corrected chi connectivity index (χ3v) is 4.74. The second-order valence-electron chi connectivity index (χ2n) is 7.89. The minimum atomic E-state index is -0.785. The maximum absolute atomic E-state index is 12.8. The average Bonchev–Trinajstić information content (AvgIpc) is 2.53. The lowest BCUT2D eigenvalue weighted by Gasteiger charge is -2.37. The van der Waals surface area contributed by atoms with E-state index in [-0.39, 0.29) is 35.3 Å². The van der Waals surface area contributed by atoms with E-state index in [9.17, 15) is 19.2 Å². The van der Waals surface area contributed by atoms with Crippen molar-refractivity contribution < 1.29 is 19.2 Å². The Morgan fingerprint density at radius 2 is 1.63 bits per heavy atom. The lowest BCUT2D eigenvalue weighted by atomic mass is 9.71. The zero-order chi connectivity index (χ0) is 19.8. The van der Waals surface area contributed by atoms with Crippen molar-refractivity contribution in [3.8, 4) is 0 Å². The zero-order valence-corrected chi connectivity index (χ0v) is 15.6. The van der Waals surface area contributed by atoms with Crippen LogP contribution in [0.2, 0.25) is 0 Å². The molecule has 0 unspecified atom stereocenters. The first-order valence-electron chi connectivity index (χ1n) is 8.89. The van der Waals surface area contributed by atoms with Gasteiger partial charge in [0, 0.05) is 42.4 Å². The Kier molecular flexibility index (Phi) is 4.87. The van der Waals surface area contributed by atoms with Crippen LogP contribution in [0.25, 0.3) is 0 Å². The number of rotatable bonds is 3. The maximum atomic E-state index is 12.8. The molecule has 0 saturated heterocycles. The Bertz CT molecular complexity index is 852. The number of carbonyl (C=O) groups excluding carboxylic acids is 4. The van der Waals surface area contributed by atoms with E-state index in [1.165, 1.54) is 6.92 Å². The first-order chi connectivity index (χ1) is 12.6. The van der Waals surface area contributed by atoms with Gasteiger partial charge in [-0.2, -0.15) is 0 Å². The van der Waals surface area contributed by atoms with Crippen LogP contribution in [0.1, 0.15) is 40.0 Å². The molecule has 1 aliphatic carbocycles. The van der Waals surface area contributed by atoms with Crippen molar-refractivity contribution in [2.75, 3.05) is 10.6 Å². The molecule has 1 aromatic rings. The number of hydrogen-bond acceptors (Lipinski definition) is 4. The summed E-state index contributed by atoms with van der Waals surface area (Å²) >= 11 is 0. The molecule has 0 fully saturated rings. The lowest BCUT2D eigenvalue weighted by Crippen LogP contribution is -2.44. The van der Waals surface area contributed by atoms with Crippen LogP contribution >= 0.6 is 0 Å². The minimum absolute atomic E-state index is 0.0409. The third kappa shape index (κ3) is 4.24. The molecule has 3 rings (SSSR count). The van der Waals surface area contributed by atoms with Crippen molar-refractivity contribution in [2.24, 2.45) is 11.3 Å². The predicted octanol–water partition coefficient (Wildman–Crippen LogP) is 2.36. The van der Waals surface area contributed by atoms with Crippen LogP contribution in [-0.4, -0.2) is 23.5 Å². The smallest absolute Gasteiger partial charge is 0.232 e. The summed E-state index contributed by atoms with van der Waals surface area (Å²) in [4.78, 5) is 48.6. The van der Waals surface area contributed by atoms with Crippen LogP contribution < -0.4 is 16.0 Å². The molecule has 27 heavy (non-hydrogen) atoms. The van der Waals surface area contributed by atoms with Crippen LogP contribution in [0.15, 0.2) is 35.5 Å². The van der Waals surface area contributed by atoms with Gasteiger partial charge in [-0.15, -0.1) is 0 Å². The van der Waals surface area contributed by atoms with Gasteiger partial charge in [-0.3, -0.25) is 19.2 Å². The highest BCUT2D eigenvalue weighted by atomic mass is 16.2. The third-order valence-electron chi connectivity index (χ3n) is 4.74. The normalized spacial score (nSPS) is 21.2. The Morgan fingerprint density at radius 3 is 2.22 bits per heavy atom. The van der Waals surface area contributed by atoms with Gasteiger partial charge in [0.2, 0.25) is 17.7 Å². The molecule has 0 radical (unpaired) electrons. The van der Waals surface area contributed by atoms with E-state index < -0.39 is 5.92 Å². The van der Waals surface area contributed by atoms with Gasteiger partial charge in [-0.1, -0.05) is 13.8 Å². The summed E-state index contributed by atoms with van der Waals surface area (Å²) in [5.74, 6) is -1.67. The summed E-state index contributed by atoms with van der Waals surface area (Å²) in [5.41, 5.74) is 1.93. The van der Waals surface area contributed by atoms with E-state index in [0.29, 0.717) is 35.5 Å². The quantitative estimate of drug-likeness (QED) is 0.761. The Morgan fingerprint density at radius 1 is 1.04 bits per heavy atom. The second-order valence-corrected chi connectivity index (χ2v) is 7.89. The summed E-state index contributed by atoms with van der Waals surface area (Å²) in [6, 6.07) is 6.66. The van der Waals surface area contributed by atoms with Crippen molar-refractivity contribution in [1.82, 2.24) is 5.32 Å². The Hall–Kier alpha value is -2.96. The summed E-state index contributed by atoms with van der Waals surface area (Å²) in [6.45, 7) is 5.36. The van der Waals surface area contributed by atoms with Gasteiger partial charge in [0.1, 0.15) is 0 Å². The molecule has 2 aliphatic rings. The molecular weight excluding hydrogens is 346 g/mol. The molecule has 3 amide bonds. The highest BCUT2D eigenvalue weighted by Crippen LogP contribution is 2.40. The topological polar surface area (TPSA) is 104 Å². The number of allylic oxidation sites excluding steroid dienone is 1. The summed E-state index contributed by atoms with van der Waals surface area (Å²) in [6.07, 6.45) is 0.882. The lowest BCUT2D eigenvalue weighted by molar-refractivity contribution is -0.129. The standard InChI is InChI=1S/C20H23N3O4/c1-11(24)21-12-4-6-13(7-5-12)22-19(27)14-8-17(26)23-15-9-20(2,3)10-16(25)18(14)15/h4-7,14H,8-10H2,1-3H3,(H,21,24)(H,22,27)(H,23,26)/t14-/m0/s1. The van der Waals surface area contributed by atoms with Crippen molar-refractivity contribution in [3.05, 3.63) is 35.5 Å². The largest absolute Gasteiger partial charge is 0.329 e. The fourth-order valence-electron chi connectivity index (χ4n) is 3.65. The number of carbonyl (C=O) groups is 4. The number of amides is 3. The van der Waals surface area contributed by atoms with E-state index in [4.69, 9.17) is 0 Å². The van der Waals surface area contributed by atoms with Crippen molar-refractivity contribution >= 4 is 34.9 Å². The SMILES string of the molecule is CC(=O)Nc1ccc(NC(=O)[C@H]2CC(=O)NC3=C2C(=O)CC(C)(C)C3)cc1. The summed E-state index contributed by atoms with van der Waals surface area (Å²) in [5, 5.41) is 8.20. The van der Waals surface area contributed by atoms with Gasteiger partial charge in [0.25, 0.3) is 0 Å². The van der Waals surface area contributed by atoms with Crippen molar-refractivity contribution in [1.29, 1.82) is 0 Å². The fraction of sp³-hybridized carbons (Fsp3) is 0.400. The molecule has 7 heteroatoms. The van der Waals surface area contributed by atoms with E-state index in [0.717, 1.165) is 0 Å². The van der Waals surface area contributed by atoms with E-state index in [1.807, 2.05) is 13.8 Å². The highest BCUT2D eigenvalue weighted by Gasteiger charge is 2.42. The van der Waals surface area contributed by atoms with Crippen molar-refractivity contribution in [3.63, 3.8) is 0 Å². The van der Waals surface area contributed by atoms with Crippen LogP contribution in [0.5, 0.6) is 0 Å². The van der Waals surface area contributed by atoms with Gasteiger partial charge in [-0.25, -0.2) is 0 Å². The number of nitrogens with one attached hydrogen (secondary N) is 3. The first-order valence-corrected chi connectivity index (χ1v) is 8.89. The van der Waals surface area contributed by atoms with Crippen molar-refractivity contribution in [2.45, 2.75) is 40.0 Å². The molecule has 1 aromatic carbocycles. The van der Waals surface area contributed by atoms with E-state index in [1.54, 1.807) is 24.3 Å². The van der Waals surface area contributed by atoms with Gasteiger partial charge < -0.3 is 16.0 Å². The van der Waals surface area contributed by atoms with Crippen LogP contribution in [0, 0.1) is 11.3 Å². The molecule has 0 spiro atoms. The molecule has 0 aromatic heterocycles. The zero-order valence-electron chi connectivity index (χ0n) is 15.6. The molecular formula is C20H23N3O4.